The summed E-state index contributed by atoms with van der Waals surface area (Å²) in [6.07, 6.45) is 1.08. The Labute approximate surface area is 153 Å². The number of halogens is 3. The Kier molecular flexibility index (Phi) is 6.45. The number of carbonyl (C=O) groups excluding carboxylic acids is 2. The molecule has 1 unspecified atom stereocenters. The van der Waals surface area contributed by atoms with Crippen LogP contribution in [-0.4, -0.2) is 56.1 Å². The molecule has 0 aromatic carbocycles. The largest absolute Gasteiger partial charge is 0.490 e. The average molecular weight is 390 g/mol. The maximum atomic E-state index is 12.1. The molecular formula is C16H21F3N4O4. The second-order valence-electron chi connectivity index (χ2n) is 6.33. The lowest BCUT2D eigenvalue weighted by Gasteiger charge is -2.15. The van der Waals surface area contributed by atoms with Crippen LogP contribution in [-0.2, 0) is 27.5 Å². The summed E-state index contributed by atoms with van der Waals surface area (Å²) in [6, 6.07) is 0.402. The van der Waals surface area contributed by atoms with E-state index in [-0.39, 0.29) is 17.7 Å². The Bertz CT molecular complexity index is 700. The van der Waals surface area contributed by atoms with E-state index in [1.807, 2.05) is 22.6 Å². The topological polar surface area (TPSA) is 105 Å². The van der Waals surface area contributed by atoms with Gasteiger partial charge in [0.15, 0.2) is 0 Å². The Morgan fingerprint density at radius 3 is 2.52 bits per heavy atom. The van der Waals surface area contributed by atoms with Gasteiger partial charge in [-0.1, -0.05) is 0 Å². The predicted octanol–water partition coefficient (Wildman–Crippen LogP) is 1.16. The van der Waals surface area contributed by atoms with E-state index in [4.69, 9.17) is 9.90 Å². The molecule has 1 aliphatic carbocycles. The fourth-order valence-corrected chi connectivity index (χ4v) is 2.75. The van der Waals surface area contributed by atoms with E-state index in [0.717, 1.165) is 25.2 Å². The van der Waals surface area contributed by atoms with Gasteiger partial charge in [0.25, 0.3) is 0 Å². The van der Waals surface area contributed by atoms with Crippen molar-refractivity contribution in [1.29, 1.82) is 0 Å². The highest BCUT2D eigenvalue weighted by atomic mass is 19.4. The number of nitrogens with zero attached hydrogens (tertiary/aromatic N) is 3. The Hall–Kier alpha value is -2.59. The van der Waals surface area contributed by atoms with Crippen LogP contribution in [0.25, 0.3) is 0 Å². The monoisotopic (exact) mass is 390 g/mol. The molecule has 2 heterocycles. The van der Waals surface area contributed by atoms with E-state index in [0.29, 0.717) is 25.6 Å². The lowest BCUT2D eigenvalue weighted by molar-refractivity contribution is -0.192. The lowest BCUT2D eigenvalue weighted by Crippen LogP contribution is -2.33. The third-order valence-electron chi connectivity index (χ3n) is 4.32. The van der Waals surface area contributed by atoms with E-state index in [2.05, 4.69) is 10.3 Å². The van der Waals surface area contributed by atoms with Gasteiger partial charge in [0.1, 0.15) is 5.82 Å². The molecule has 0 radical (unpaired) electrons. The molecule has 2 aliphatic rings. The number of amides is 2. The van der Waals surface area contributed by atoms with Crippen molar-refractivity contribution >= 4 is 17.8 Å². The molecule has 2 fully saturated rings. The van der Waals surface area contributed by atoms with Gasteiger partial charge in [0, 0.05) is 37.9 Å². The van der Waals surface area contributed by atoms with Gasteiger partial charge < -0.3 is 19.9 Å². The number of nitrogens with one attached hydrogen (secondary N) is 1. The molecule has 0 spiro atoms. The van der Waals surface area contributed by atoms with Crippen LogP contribution in [0.3, 0.4) is 0 Å². The van der Waals surface area contributed by atoms with Gasteiger partial charge >= 0.3 is 12.1 Å². The first-order valence-corrected chi connectivity index (χ1v) is 8.50. The average Bonchev–Trinajstić information content (AvgIpc) is 3.20. The van der Waals surface area contributed by atoms with Crippen LogP contribution in [0.2, 0.25) is 0 Å². The van der Waals surface area contributed by atoms with Crippen molar-refractivity contribution in [3.8, 4) is 0 Å². The van der Waals surface area contributed by atoms with Gasteiger partial charge in [-0.05, 0) is 19.8 Å². The molecule has 11 heteroatoms. The summed E-state index contributed by atoms with van der Waals surface area (Å²) in [5, 5.41) is 10.0. The summed E-state index contributed by atoms with van der Waals surface area (Å²) in [7, 11) is 0. The number of hydrogen-bond donors (Lipinski definition) is 2. The van der Waals surface area contributed by atoms with Gasteiger partial charge in [0.2, 0.25) is 11.8 Å². The maximum absolute atomic E-state index is 12.1. The molecule has 0 bridgehead atoms. The minimum atomic E-state index is -5.08. The standard InChI is InChI=1S/C14H20N4O2.C2HF3O2/c1-2-17-6-5-15-12(17)8-16-14(20)10-7-13(19)18(9-10)11-3-4-11;3-2(4,5)1(6)7/h5-6,10-11H,2-4,7-9H2,1H3,(H,16,20);(H,6,7). The molecule has 1 aromatic rings. The molecule has 2 N–H and O–H groups in total. The van der Waals surface area contributed by atoms with Gasteiger partial charge in [-0.2, -0.15) is 13.2 Å². The molecule has 27 heavy (non-hydrogen) atoms. The SMILES string of the molecule is CCn1ccnc1CNC(=O)C1CC(=O)N(C2CC2)C1.O=C(O)C(F)(F)F. The predicted molar refractivity (Wildman–Crippen MR) is 86.3 cm³/mol. The molecule has 3 rings (SSSR count). The molecule has 8 nitrogen and oxygen atoms in total. The first-order valence-electron chi connectivity index (χ1n) is 8.50. The highest BCUT2D eigenvalue weighted by molar-refractivity contribution is 5.89. The van der Waals surface area contributed by atoms with Gasteiger partial charge in [-0.25, -0.2) is 9.78 Å². The Morgan fingerprint density at radius 1 is 1.37 bits per heavy atom. The fourth-order valence-electron chi connectivity index (χ4n) is 2.75. The number of aryl methyl sites for hydroxylation is 1. The highest BCUT2D eigenvalue weighted by Crippen LogP contribution is 2.32. The van der Waals surface area contributed by atoms with Crippen molar-refractivity contribution in [2.24, 2.45) is 5.92 Å². The van der Waals surface area contributed by atoms with Crippen LogP contribution in [0, 0.1) is 5.92 Å². The summed E-state index contributed by atoms with van der Waals surface area (Å²) in [4.78, 5) is 39.0. The number of carboxylic acid groups (broad SMARTS) is 1. The van der Waals surface area contributed by atoms with Crippen molar-refractivity contribution in [3.05, 3.63) is 18.2 Å². The molecule has 2 amide bonds. The number of aliphatic carboxylic acids is 1. The third kappa shape index (κ3) is 5.69. The molecule has 1 atom stereocenters. The summed E-state index contributed by atoms with van der Waals surface area (Å²) < 4.78 is 33.7. The lowest BCUT2D eigenvalue weighted by atomic mass is 10.1. The van der Waals surface area contributed by atoms with Gasteiger partial charge in [-0.15, -0.1) is 0 Å². The summed E-state index contributed by atoms with van der Waals surface area (Å²) in [5.41, 5.74) is 0. The number of carbonyl (C=O) groups is 3. The first-order chi connectivity index (χ1) is 12.6. The third-order valence-corrected chi connectivity index (χ3v) is 4.32. The summed E-state index contributed by atoms with van der Waals surface area (Å²) >= 11 is 0. The molecule has 1 aliphatic heterocycles. The zero-order chi connectivity index (χ0) is 20.2. The van der Waals surface area contributed by atoms with Crippen LogP contribution < -0.4 is 5.32 Å². The molecule has 1 aromatic heterocycles. The number of rotatable bonds is 5. The highest BCUT2D eigenvalue weighted by Gasteiger charge is 2.41. The van der Waals surface area contributed by atoms with Crippen molar-refractivity contribution in [1.82, 2.24) is 19.8 Å². The van der Waals surface area contributed by atoms with Crippen molar-refractivity contribution in [2.45, 2.75) is 51.5 Å². The van der Waals surface area contributed by atoms with E-state index in [9.17, 15) is 22.8 Å². The normalized spacial score (nSPS) is 19.5. The van der Waals surface area contributed by atoms with Crippen molar-refractivity contribution in [2.75, 3.05) is 6.54 Å². The summed E-state index contributed by atoms with van der Waals surface area (Å²) in [5.74, 6) is -2.01. The molecule has 150 valence electrons. The zero-order valence-corrected chi connectivity index (χ0v) is 14.7. The second-order valence-corrected chi connectivity index (χ2v) is 6.33. The fraction of sp³-hybridized carbons (Fsp3) is 0.625. The van der Waals surface area contributed by atoms with Crippen LogP contribution >= 0.6 is 0 Å². The van der Waals surface area contributed by atoms with Crippen molar-refractivity contribution in [3.63, 3.8) is 0 Å². The molecular weight excluding hydrogens is 369 g/mol. The molecule has 1 saturated heterocycles. The van der Waals surface area contributed by atoms with E-state index < -0.39 is 12.1 Å². The van der Waals surface area contributed by atoms with Gasteiger partial charge in [-0.3, -0.25) is 9.59 Å². The van der Waals surface area contributed by atoms with Crippen LogP contribution in [0.1, 0.15) is 32.0 Å². The van der Waals surface area contributed by atoms with Crippen LogP contribution in [0.5, 0.6) is 0 Å². The smallest absolute Gasteiger partial charge is 0.475 e. The van der Waals surface area contributed by atoms with E-state index in [1.54, 1.807) is 6.20 Å². The number of hydrogen-bond acceptors (Lipinski definition) is 4. The minimum Gasteiger partial charge on any atom is -0.475 e. The zero-order valence-electron chi connectivity index (χ0n) is 14.7. The number of carboxylic acids is 1. The second kappa shape index (κ2) is 8.40. The maximum Gasteiger partial charge on any atom is 0.490 e. The Balaban J connectivity index is 0.000000321. The number of likely N-dealkylation sites (tertiary alicyclic amines) is 1. The number of alkyl halides is 3. The van der Waals surface area contributed by atoms with Crippen molar-refractivity contribution < 1.29 is 32.7 Å². The number of imidazole rings is 1. The minimum absolute atomic E-state index is 0.0350. The Morgan fingerprint density at radius 2 is 2.00 bits per heavy atom. The number of aromatic nitrogens is 2. The van der Waals surface area contributed by atoms with E-state index >= 15 is 0 Å². The first kappa shape index (κ1) is 20.7. The molecule has 1 saturated carbocycles. The van der Waals surface area contributed by atoms with Crippen LogP contribution in [0.15, 0.2) is 12.4 Å². The summed E-state index contributed by atoms with van der Waals surface area (Å²) in [6.45, 7) is 3.88. The van der Waals surface area contributed by atoms with E-state index in [1.165, 1.54) is 0 Å². The quantitative estimate of drug-likeness (QED) is 0.785. The van der Waals surface area contributed by atoms with Crippen LogP contribution in [0.4, 0.5) is 13.2 Å². The van der Waals surface area contributed by atoms with Gasteiger partial charge in [0.05, 0.1) is 12.5 Å².